The second kappa shape index (κ2) is 9.27. The van der Waals surface area contributed by atoms with Crippen molar-refractivity contribution in [2.75, 3.05) is 19.6 Å². The number of nitrogens with zero attached hydrogens (tertiary/aromatic N) is 1. The lowest BCUT2D eigenvalue weighted by molar-refractivity contribution is -0.119. The van der Waals surface area contributed by atoms with Crippen molar-refractivity contribution in [1.82, 2.24) is 10.2 Å². The molecule has 0 atom stereocenters. The first-order valence-electron chi connectivity index (χ1n) is 10.8. The number of rotatable bonds is 6. The molecule has 0 aliphatic carbocycles. The van der Waals surface area contributed by atoms with Crippen molar-refractivity contribution >= 4 is 5.91 Å². The molecule has 0 radical (unpaired) electrons. The van der Waals surface area contributed by atoms with E-state index in [9.17, 15) is 4.79 Å². The topological polar surface area (TPSA) is 32.3 Å². The molecular formula is C27H30N2O. The molecule has 1 N–H and O–H groups in total. The zero-order valence-electron chi connectivity index (χ0n) is 17.6. The number of piperidine rings is 1. The molecule has 1 saturated heterocycles. The maximum atomic E-state index is 11.7. The maximum absolute atomic E-state index is 11.7. The number of hydrogen-bond acceptors (Lipinski definition) is 2. The molecule has 0 bridgehead atoms. The van der Waals surface area contributed by atoms with Gasteiger partial charge in [-0.05, 0) is 42.6 Å². The van der Waals surface area contributed by atoms with Gasteiger partial charge in [0.1, 0.15) is 0 Å². The van der Waals surface area contributed by atoms with Crippen LogP contribution in [-0.2, 0) is 10.2 Å². The van der Waals surface area contributed by atoms with E-state index < -0.39 is 0 Å². The van der Waals surface area contributed by atoms with E-state index >= 15 is 0 Å². The molecule has 3 heteroatoms. The Kier molecular flexibility index (Phi) is 6.29. The van der Waals surface area contributed by atoms with Gasteiger partial charge in [-0.3, -0.25) is 9.69 Å². The molecule has 4 rings (SSSR count). The number of amides is 1. The molecule has 0 aromatic heterocycles. The van der Waals surface area contributed by atoms with Crippen molar-refractivity contribution in [2.24, 2.45) is 0 Å². The standard InChI is InChI=1S/C27H30N2O/c1-22(30)28-21-27(25-15-9-4-10-16-25)17-19-29(20-18-27)26(23-11-5-2-6-12-23)24-13-7-3-8-14-24/h2-16,26H,17-21H2,1H3,(H,28,30). The Morgan fingerprint density at radius 3 is 1.77 bits per heavy atom. The Bertz CT molecular complexity index is 893. The summed E-state index contributed by atoms with van der Waals surface area (Å²) in [5.74, 6) is 0.0409. The minimum atomic E-state index is -0.0125. The number of carbonyl (C=O) groups excluding carboxylic acids is 1. The van der Waals surface area contributed by atoms with Crippen molar-refractivity contribution in [3.8, 4) is 0 Å². The summed E-state index contributed by atoms with van der Waals surface area (Å²) >= 11 is 0. The zero-order chi connectivity index (χ0) is 20.8. The molecule has 1 heterocycles. The first kappa shape index (κ1) is 20.4. The van der Waals surface area contributed by atoms with Gasteiger partial charge < -0.3 is 5.32 Å². The van der Waals surface area contributed by atoms with Crippen molar-refractivity contribution in [3.63, 3.8) is 0 Å². The van der Waals surface area contributed by atoms with Crippen LogP contribution >= 0.6 is 0 Å². The third-order valence-electron chi connectivity index (χ3n) is 6.41. The van der Waals surface area contributed by atoms with Crippen LogP contribution in [0.15, 0.2) is 91.0 Å². The molecule has 1 fully saturated rings. The largest absolute Gasteiger partial charge is 0.355 e. The van der Waals surface area contributed by atoms with Crippen molar-refractivity contribution < 1.29 is 4.79 Å². The number of nitrogens with one attached hydrogen (secondary N) is 1. The first-order valence-corrected chi connectivity index (χ1v) is 10.8. The van der Waals surface area contributed by atoms with E-state index in [1.165, 1.54) is 16.7 Å². The Morgan fingerprint density at radius 1 is 0.833 bits per heavy atom. The maximum Gasteiger partial charge on any atom is 0.216 e. The minimum Gasteiger partial charge on any atom is -0.355 e. The lowest BCUT2D eigenvalue weighted by atomic mass is 9.72. The van der Waals surface area contributed by atoms with E-state index in [0.29, 0.717) is 6.54 Å². The van der Waals surface area contributed by atoms with Gasteiger partial charge >= 0.3 is 0 Å². The highest BCUT2D eigenvalue weighted by Gasteiger charge is 2.38. The van der Waals surface area contributed by atoms with Crippen molar-refractivity contribution in [1.29, 1.82) is 0 Å². The van der Waals surface area contributed by atoms with Crippen LogP contribution in [0.1, 0.15) is 42.5 Å². The van der Waals surface area contributed by atoms with E-state index in [0.717, 1.165) is 25.9 Å². The third kappa shape index (κ3) is 4.47. The Hall–Kier alpha value is -2.91. The highest BCUT2D eigenvalue weighted by atomic mass is 16.1. The summed E-state index contributed by atoms with van der Waals surface area (Å²) in [4.78, 5) is 14.3. The Balaban J connectivity index is 1.60. The molecule has 3 aromatic carbocycles. The van der Waals surface area contributed by atoms with Crippen molar-refractivity contribution in [3.05, 3.63) is 108 Å². The number of hydrogen-bond donors (Lipinski definition) is 1. The summed E-state index contributed by atoms with van der Waals surface area (Å²) in [6, 6.07) is 32.5. The molecule has 0 unspecified atom stereocenters. The minimum absolute atomic E-state index is 0.0125. The first-order chi connectivity index (χ1) is 14.7. The molecule has 0 saturated carbocycles. The predicted octanol–water partition coefficient (Wildman–Crippen LogP) is 4.95. The van der Waals surface area contributed by atoms with Crippen LogP contribution in [0.5, 0.6) is 0 Å². The summed E-state index contributed by atoms with van der Waals surface area (Å²) in [5.41, 5.74) is 3.98. The van der Waals surface area contributed by atoms with E-state index in [-0.39, 0.29) is 17.4 Å². The summed E-state index contributed by atoms with van der Waals surface area (Å²) in [7, 11) is 0. The monoisotopic (exact) mass is 398 g/mol. The second-order valence-electron chi connectivity index (χ2n) is 8.32. The van der Waals surface area contributed by atoms with Gasteiger partial charge in [-0.1, -0.05) is 91.0 Å². The van der Waals surface area contributed by atoms with Gasteiger partial charge in [0.2, 0.25) is 5.91 Å². The molecule has 1 aliphatic heterocycles. The summed E-state index contributed by atoms with van der Waals surface area (Å²) < 4.78 is 0. The fourth-order valence-electron chi connectivity index (χ4n) is 4.75. The number of carbonyl (C=O) groups is 1. The van der Waals surface area contributed by atoms with E-state index in [2.05, 4.69) is 101 Å². The van der Waals surface area contributed by atoms with Crippen LogP contribution in [0.3, 0.4) is 0 Å². The molecule has 0 spiro atoms. The van der Waals surface area contributed by atoms with Gasteiger partial charge in [0, 0.05) is 18.9 Å². The van der Waals surface area contributed by atoms with Crippen LogP contribution in [0.4, 0.5) is 0 Å². The second-order valence-corrected chi connectivity index (χ2v) is 8.32. The van der Waals surface area contributed by atoms with Gasteiger partial charge in [0.15, 0.2) is 0 Å². The highest BCUT2D eigenvalue weighted by molar-refractivity contribution is 5.73. The average molecular weight is 399 g/mol. The van der Waals surface area contributed by atoms with E-state index in [4.69, 9.17) is 0 Å². The predicted molar refractivity (Wildman–Crippen MR) is 122 cm³/mol. The Morgan fingerprint density at radius 2 is 1.30 bits per heavy atom. The van der Waals surface area contributed by atoms with Crippen LogP contribution in [-0.4, -0.2) is 30.4 Å². The van der Waals surface area contributed by atoms with Crippen LogP contribution in [0, 0.1) is 0 Å². The third-order valence-corrected chi connectivity index (χ3v) is 6.41. The van der Waals surface area contributed by atoms with Crippen LogP contribution in [0.2, 0.25) is 0 Å². The van der Waals surface area contributed by atoms with E-state index in [1.54, 1.807) is 6.92 Å². The lowest BCUT2D eigenvalue weighted by Gasteiger charge is -2.45. The fraction of sp³-hybridized carbons (Fsp3) is 0.296. The SMILES string of the molecule is CC(=O)NCC1(c2ccccc2)CCN(C(c2ccccc2)c2ccccc2)CC1. The molecule has 3 nitrogen and oxygen atoms in total. The number of likely N-dealkylation sites (tertiary alicyclic amines) is 1. The van der Waals surface area contributed by atoms with Gasteiger partial charge in [-0.25, -0.2) is 0 Å². The smallest absolute Gasteiger partial charge is 0.216 e. The summed E-state index contributed by atoms with van der Waals surface area (Å²) in [5, 5.41) is 3.10. The molecule has 1 aliphatic rings. The van der Waals surface area contributed by atoms with Crippen LogP contribution in [0.25, 0.3) is 0 Å². The van der Waals surface area contributed by atoms with Gasteiger partial charge in [0.05, 0.1) is 6.04 Å². The highest BCUT2D eigenvalue weighted by Crippen LogP contribution is 2.39. The molecule has 30 heavy (non-hydrogen) atoms. The molecule has 154 valence electrons. The van der Waals surface area contributed by atoms with Gasteiger partial charge in [-0.15, -0.1) is 0 Å². The lowest BCUT2D eigenvalue weighted by Crippen LogP contribution is -2.49. The molecular weight excluding hydrogens is 368 g/mol. The Labute approximate surface area is 179 Å². The zero-order valence-corrected chi connectivity index (χ0v) is 17.6. The molecule has 1 amide bonds. The fourth-order valence-corrected chi connectivity index (χ4v) is 4.75. The summed E-state index contributed by atoms with van der Waals surface area (Å²) in [6.07, 6.45) is 2.04. The van der Waals surface area contributed by atoms with Gasteiger partial charge in [-0.2, -0.15) is 0 Å². The quantitative estimate of drug-likeness (QED) is 0.637. The summed E-state index contributed by atoms with van der Waals surface area (Å²) in [6.45, 7) is 4.28. The van der Waals surface area contributed by atoms with Gasteiger partial charge in [0.25, 0.3) is 0 Å². The molecule has 3 aromatic rings. The average Bonchev–Trinajstić information content (AvgIpc) is 2.81. The van der Waals surface area contributed by atoms with Crippen LogP contribution < -0.4 is 5.32 Å². The van der Waals surface area contributed by atoms with E-state index in [1.807, 2.05) is 0 Å². The van der Waals surface area contributed by atoms with Crippen molar-refractivity contribution in [2.45, 2.75) is 31.2 Å². The number of benzene rings is 3. The normalized spacial score (nSPS) is 16.3.